The Morgan fingerprint density at radius 2 is 2.10 bits per heavy atom. The molecule has 5 heteroatoms. The second kappa shape index (κ2) is 7.78. The van der Waals surface area contributed by atoms with Crippen molar-refractivity contribution in [3.05, 3.63) is 35.4 Å². The van der Waals surface area contributed by atoms with Crippen molar-refractivity contribution >= 4 is 11.8 Å². The van der Waals surface area contributed by atoms with Gasteiger partial charge in [0.05, 0.1) is 0 Å². The van der Waals surface area contributed by atoms with Gasteiger partial charge in [-0.05, 0) is 49.9 Å². The van der Waals surface area contributed by atoms with Gasteiger partial charge in [-0.1, -0.05) is 12.1 Å². The molecule has 5 nitrogen and oxygen atoms in total. The van der Waals surface area contributed by atoms with Crippen molar-refractivity contribution in [2.45, 2.75) is 38.1 Å². The molecule has 21 heavy (non-hydrogen) atoms. The van der Waals surface area contributed by atoms with Gasteiger partial charge in [0, 0.05) is 24.6 Å². The van der Waals surface area contributed by atoms with Crippen LogP contribution in [-0.4, -0.2) is 30.9 Å². The summed E-state index contributed by atoms with van der Waals surface area (Å²) in [6.07, 6.45) is 4.09. The van der Waals surface area contributed by atoms with E-state index >= 15 is 0 Å². The minimum Gasteiger partial charge on any atom is -0.353 e. The lowest BCUT2D eigenvalue weighted by Crippen LogP contribution is -2.28. The van der Waals surface area contributed by atoms with Crippen molar-refractivity contribution < 1.29 is 9.59 Å². The molecule has 114 valence electrons. The second-order valence-corrected chi connectivity index (χ2v) is 5.44. The number of rotatable bonds is 8. The van der Waals surface area contributed by atoms with E-state index in [1.165, 1.54) is 0 Å². The van der Waals surface area contributed by atoms with Crippen LogP contribution in [0.3, 0.4) is 0 Å². The third kappa shape index (κ3) is 5.55. The first-order valence-electron chi connectivity index (χ1n) is 7.55. The molecule has 1 saturated carbocycles. The summed E-state index contributed by atoms with van der Waals surface area (Å²) < 4.78 is 0. The molecule has 2 rings (SSSR count). The van der Waals surface area contributed by atoms with Crippen LogP contribution in [0.15, 0.2) is 24.3 Å². The van der Waals surface area contributed by atoms with Gasteiger partial charge in [-0.3, -0.25) is 9.59 Å². The van der Waals surface area contributed by atoms with E-state index in [-0.39, 0.29) is 11.8 Å². The highest BCUT2D eigenvalue weighted by atomic mass is 16.2. The van der Waals surface area contributed by atoms with E-state index in [4.69, 9.17) is 5.73 Å². The third-order valence-electron chi connectivity index (χ3n) is 3.43. The minimum atomic E-state index is -0.100. The van der Waals surface area contributed by atoms with Gasteiger partial charge >= 0.3 is 0 Å². The number of amides is 2. The lowest BCUT2D eigenvalue weighted by atomic mass is 10.1. The molecule has 0 radical (unpaired) electrons. The SMILES string of the molecule is NCCc1cccc(C(=O)NCCCC(=O)NC2CC2)c1. The molecule has 0 bridgehead atoms. The van der Waals surface area contributed by atoms with Gasteiger partial charge in [0.15, 0.2) is 0 Å². The van der Waals surface area contributed by atoms with E-state index in [0.717, 1.165) is 24.8 Å². The Hall–Kier alpha value is -1.88. The normalized spacial score (nSPS) is 13.8. The number of benzene rings is 1. The van der Waals surface area contributed by atoms with Gasteiger partial charge < -0.3 is 16.4 Å². The summed E-state index contributed by atoms with van der Waals surface area (Å²) in [6, 6.07) is 7.88. The molecular weight excluding hydrogens is 266 g/mol. The number of carbonyl (C=O) groups excluding carboxylic acids is 2. The highest BCUT2D eigenvalue weighted by Crippen LogP contribution is 2.18. The molecule has 0 aromatic heterocycles. The molecule has 4 N–H and O–H groups in total. The van der Waals surface area contributed by atoms with Crippen LogP contribution >= 0.6 is 0 Å². The van der Waals surface area contributed by atoms with Gasteiger partial charge in [-0.15, -0.1) is 0 Å². The van der Waals surface area contributed by atoms with Crippen molar-refractivity contribution in [3.63, 3.8) is 0 Å². The van der Waals surface area contributed by atoms with Crippen molar-refractivity contribution in [3.8, 4) is 0 Å². The lowest BCUT2D eigenvalue weighted by Gasteiger charge is -2.07. The van der Waals surface area contributed by atoms with Crippen LogP contribution in [0.2, 0.25) is 0 Å². The molecule has 2 amide bonds. The highest BCUT2D eigenvalue weighted by Gasteiger charge is 2.22. The molecule has 1 fully saturated rings. The predicted molar refractivity (Wildman–Crippen MR) is 81.9 cm³/mol. The van der Waals surface area contributed by atoms with E-state index in [1.54, 1.807) is 6.07 Å². The second-order valence-electron chi connectivity index (χ2n) is 5.44. The van der Waals surface area contributed by atoms with Crippen molar-refractivity contribution in [2.24, 2.45) is 5.73 Å². The molecule has 1 aliphatic carbocycles. The van der Waals surface area contributed by atoms with Crippen LogP contribution in [0.1, 0.15) is 41.6 Å². The fourth-order valence-corrected chi connectivity index (χ4v) is 2.12. The first kappa shape index (κ1) is 15.5. The van der Waals surface area contributed by atoms with E-state index in [9.17, 15) is 9.59 Å². The molecule has 0 atom stereocenters. The van der Waals surface area contributed by atoms with Crippen LogP contribution in [0, 0.1) is 0 Å². The summed E-state index contributed by atoms with van der Waals surface area (Å²) in [5, 5.41) is 5.77. The lowest BCUT2D eigenvalue weighted by molar-refractivity contribution is -0.121. The van der Waals surface area contributed by atoms with Gasteiger partial charge in [0.25, 0.3) is 5.91 Å². The molecular formula is C16H23N3O2. The summed E-state index contributed by atoms with van der Waals surface area (Å²) in [6.45, 7) is 1.08. The maximum atomic E-state index is 12.0. The Kier molecular flexibility index (Phi) is 5.75. The summed E-state index contributed by atoms with van der Waals surface area (Å²) in [7, 11) is 0. The van der Waals surface area contributed by atoms with Crippen molar-refractivity contribution in [1.82, 2.24) is 10.6 Å². The van der Waals surface area contributed by atoms with E-state index in [0.29, 0.717) is 37.5 Å². The average Bonchev–Trinajstić information content (AvgIpc) is 3.28. The zero-order valence-corrected chi connectivity index (χ0v) is 12.2. The van der Waals surface area contributed by atoms with Gasteiger partial charge in [-0.25, -0.2) is 0 Å². The summed E-state index contributed by atoms with van der Waals surface area (Å²) in [4.78, 5) is 23.5. The number of hydrogen-bond acceptors (Lipinski definition) is 3. The van der Waals surface area contributed by atoms with Crippen LogP contribution in [0.25, 0.3) is 0 Å². The van der Waals surface area contributed by atoms with Crippen molar-refractivity contribution in [2.75, 3.05) is 13.1 Å². The average molecular weight is 289 g/mol. The fourth-order valence-electron chi connectivity index (χ4n) is 2.12. The Morgan fingerprint density at radius 3 is 2.81 bits per heavy atom. The molecule has 0 aliphatic heterocycles. The van der Waals surface area contributed by atoms with Crippen LogP contribution < -0.4 is 16.4 Å². The van der Waals surface area contributed by atoms with E-state index in [2.05, 4.69) is 10.6 Å². The smallest absolute Gasteiger partial charge is 0.251 e. The number of carbonyl (C=O) groups is 2. The maximum Gasteiger partial charge on any atom is 0.251 e. The topological polar surface area (TPSA) is 84.2 Å². The number of hydrogen-bond donors (Lipinski definition) is 3. The molecule has 0 unspecified atom stereocenters. The molecule has 0 saturated heterocycles. The van der Waals surface area contributed by atoms with Gasteiger partial charge in [0.2, 0.25) is 5.91 Å². The molecule has 1 aliphatic rings. The third-order valence-corrected chi connectivity index (χ3v) is 3.43. The standard InChI is InChI=1S/C16H23N3O2/c17-9-8-12-3-1-4-13(11-12)16(21)18-10-2-5-15(20)19-14-6-7-14/h1,3-4,11,14H,2,5-10,17H2,(H,18,21)(H,19,20). The fraction of sp³-hybridized carbons (Fsp3) is 0.500. The van der Waals surface area contributed by atoms with Crippen LogP contribution in [0.4, 0.5) is 0 Å². The molecule has 0 spiro atoms. The zero-order chi connectivity index (χ0) is 15.1. The maximum absolute atomic E-state index is 12.0. The molecule has 1 aromatic carbocycles. The van der Waals surface area contributed by atoms with E-state index < -0.39 is 0 Å². The monoisotopic (exact) mass is 289 g/mol. The largest absolute Gasteiger partial charge is 0.353 e. The Labute approximate surface area is 125 Å². The summed E-state index contributed by atoms with van der Waals surface area (Å²) in [5.74, 6) is -0.0202. The summed E-state index contributed by atoms with van der Waals surface area (Å²) in [5.41, 5.74) is 7.22. The predicted octanol–water partition coefficient (Wildman–Crippen LogP) is 0.976. The van der Waals surface area contributed by atoms with Crippen LogP contribution in [-0.2, 0) is 11.2 Å². The zero-order valence-electron chi connectivity index (χ0n) is 12.2. The number of nitrogens with one attached hydrogen (secondary N) is 2. The highest BCUT2D eigenvalue weighted by molar-refractivity contribution is 5.94. The number of nitrogens with two attached hydrogens (primary N) is 1. The first-order valence-corrected chi connectivity index (χ1v) is 7.55. The molecule has 0 heterocycles. The van der Waals surface area contributed by atoms with Gasteiger partial charge in [0.1, 0.15) is 0 Å². The van der Waals surface area contributed by atoms with Crippen molar-refractivity contribution in [1.29, 1.82) is 0 Å². The Morgan fingerprint density at radius 1 is 1.29 bits per heavy atom. The summed E-state index contributed by atoms with van der Waals surface area (Å²) >= 11 is 0. The van der Waals surface area contributed by atoms with Gasteiger partial charge in [-0.2, -0.15) is 0 Å². The minimum absolute atomic E-state index is 0.0803. The van der Waals surface area contributed by atoms with E-state index in [1.807, 2.05) is 18.2 Å². The quantitative estimate of drug-likeness (QED) is 0.624. The Bertz CT molecular complexity index is 498. The Balaban J connectivity index is 1.68. The molecule has 1 aromatic rings. The van der Waals surface area contributed by atoms with Crippen LogP contribution in [0.5, 0.6) is 0 Å². The first-order chi connectivity index (χ1) is 10.2.